The molecule has 2 saturated carbocycles. The molecule has 2 aliphatic carbocycles. The van der Waals surface area contributed by atoms with Gasteiger partial charge in [0.05, 0.1) is 23.0 Å². The van der Waals surface area contributed by atoms with Crippen LogP contribution in [0.2, 0.25) is 0 Å². The van der Waals surface area contributed by atoms with E-state index in [1.165, 1.54) is 18.2 Å². The van der Waals surface area contributed by atoms with Gasteiger partial charge in [0.15, 0.2) is 6.54 Å². The molecule has 61 heavy (non-hydrogen) atoms. The summed E-state index contributed by atoms with van der Waals surface area (Å²) >= 11 is 0.778. The molecule has 6 N–H and O–H groups in total. The van der Waals surface area contributed by atoms with Crippen LogP contribution in [0.4, 0.5) is 11.4 Å². The van der Waals surface area contributed by atoms with E-state index in [0.717, 1.165) is 59.4 Å². The van der Waals surface area contributed by atoms with E-state index in [1.54, 1.807) is 23.1 Å². The van der Waals surface area contributed by atoms with E-state index in [2.05, 4.69) is 4.33 Å². The Bertz CT molecular complexity index is 2670. The van der Waals surface area contributed by atoms with Gasteiger partial charge in [0.2, 0.25) is 11.4 Å². The van der Waals surface area contributed by atoms with E-state index < -0.39 is 64.9 Å². The molecule has 3 atom stereocenters. The summed E-state index contributed by atoms with van der Waals surface area (Å²) < 4.78 is 107. The van der Waals surface area contributed by atoms with Gasteiger partial charge in [0.25, 0.3) is 30.4 Å². The molecular weight excluding hydrogens is 869 g/mol. The van der Waals surface area contributed by atoms with Gasteiger partial charge in [-0.1, -0.05) is 80.0 Å². The lowest BCUT2D eigenvalue weighted by Crippen LogP contribution is -2.38. The molecule has 2 heterocycles. The zero-order valence-corrected chi connectivity index (χ0v) is 36.1. The number of rotatable bonds is 15. The number of fused-ring (bicyclic) bond motifs is 5. The first-order valence-electron chi connectivity index (χ1n) is 19.6. The Morgan fingerprint density at radius 3 is 2.10 bits per heavy atom. The molecule has 3 aromatic rings. The summed E-state index contributed by atoms with van der Waals surface area (Å²) in [5, 5.41) is 31.0. The summed E-state index contributed by atoms with van der Waals surface area (Å²) in [6, 6.07) is 19.5. The van der Waals surface area contributed by atoms with Crippen LogP contribution in [0.15, 0.2) is 124 Å². The van der Waals surface area contributed by atoms with Gasteiger partial charge < -0.3 is 15.1 Å². The van der Waals surface area contributed by atoms with Gasteiger partial charge in [0.1, 0.15) is 23.0 Å². The van der Waals surface area contributed by atoms with Crippen molar-refractivity contribution >= 4 is 59.5 Å². The Morgan fingerprint density at radius 2 is 1.44 bits per heavy atom. The molecule has 4 aliphatic rings. The highest BCUT2D eigenvalue weighted by atomic mass is 32.2. The minimum absolute atomic E-state index is 0.139. The second-order valence-corrected chi connectivity index (χ2v) is 21.0. The van der Waals surface area contributed by atoms with Crippen molar-refractivity contribution in [1.29, 1.82) is 0 Å². The van der Waals surface area contributed by atoms with Crippen molar-refractivity contribution in [2.75, 3.05) is 29.5 Å². The summed E-state index contributed by atoms with van der Waals surface area (Å²) in [6.07, 6.45) is 13.2. The van der Waals surface area contributed by atoms with Crippen molar-refractivity contribution in [2.45, 2.75) is 77.8 Å². The number of hydrogen-bond acceptors (Lipinski definition) is 12. The lowest BCUT2D eigenvalue weighted by atomic mass is 9.68. The highest BCUT2D eigenvalue weighted by Crippen LogP contribution is 2.57. The van der Waals surface area contributed by atoms with Crippen molar-refractivity contribution < 1.29 is 63.3 Å². The van der Waals surface area contributed by atoms with Crippen LogP contribution in [-0.2, 0) is 45.5 Å². The van der Waals surface area contributed by atoms with E-state index in [0.29, 0.717) is 47.5 Å². The fourth-order valence-electron chi connectivity index (χ4n) is 9.73. The molecule has 2 fully saturated rings. The van der Waals surface area contributed by atoms with Gasteiger partial charge in [-0.2, -0.15) is 34.2 Å². The topological polar surface area (TPSA) is 239 Å². The predicted octanol–water partition coefficient (Wildman–Crippen LogP) is 5.75. The molecule has 0 radical (unpaired) electrons. The Hall–Kier alpha value is -3.99. The van der Waals surface area contributed by atoms with Crippen LogP contribution >= 0.6 is 12.0 Å². The van der Waals surface area contributed by atoms with E-state index in [-0.39, 0.29) is 18.0 Å². The van der Waals surface area contributed by atoms with Crippen LogP contribution in [0.25, 0.3) is 0 Å². The number of hydrogen-bond donors (Lipinski definition) is 6. The quantitative estimate of drug-likeness (QED) is 0.0266. The van der Waals surface area contributed by atoms with Crippen LogP contribution in [0.3, 0.4) is 0 Å². The average molecular weight is 916 g/mol. The van der Waals surface area contributed by atoms with Crippen molar-refractivity contribution in [1.82, 2.24) is 0 Å². The Morgan fingerprint density at radius 1 is 0.770 bits per heavy atom. The van der Waals surface area contributed by atoms with Crippen LogP contribution in [0.5, 0.6) is 0 Å². The molecular formula is C42H47N2O13S4+. The summed E-state index contributed by atoms with van der Waals surface area (Å²) in [5.74, 6) is -1.76. The maximum atomic E-state index is 12.2. The molecule has 15 nitrogen and oxygen atoms in total. The zero-order chi connectivity index (χ0) is 43.8. The third-order valence-electron chi connectivity index (χ3n) is 11.9. The van der Waals surface area contributed by atoms with Gasteiger partial charge in [-0.3, -0.25) is 13.7 Å². The first kappa shape index (κ1) is 45.0. The lowest BCUT2D eigenvalue weighted by molar-refractivity contribution is -0.448. The van der Waals surface area contributed by atoms with Gasteiger partial charge >= 0.3 is 0 Å². The molecule has 0 aromatic heterocycles. The summed E-state index contributed by atoms with van der Waals surface area (Å²) in [6.45, 7) is -0.353. The van der Waals surface area contributed by atoms with Gasteiger partial charge in [-0.05, 0) is 73.2 Å². The summed E-state index contributed by atoms with van der Waals surface area (Å²) in [7, 11) is -13.6. The monoisotopic (exact) mass is 915 g/mol. The molecule has 2 aliphatic heterocycles. The van der Waals surface area contributed by atoms with Gasteiger partial charge in [-0.15, -0.1) is 0 Å². The summed E-state index contributed by atoms with van der Waals surface area (Å²) in [5.41, 5.74) is 4.79. The Kier molecular flexibility index (Phi) is 13.0. The molecule has 7 rings (SSSR count). The number of anilines is 1. The minimum atomic E-state index is -4.55. The lowest BCUT2D eigenvalue weighted by Gasteiger charge is -2.37. The molecule has 3 unspecified atom stereocenters. The normalized spacial score (nSPS) is 22.5. The highest BCUT2D eigenvalue weighted by molar-refractivity contribution is 7.94. The fourth-order valence-corrected chi connectivity index (χ4v) is 11.8. The van der Waals surface area contributed by atoms with Crippen LogP contribution in [0, 0.1) is 0 Å². The average Bonchev–Trinajstić information content (AvgIpc) is 3.77. The van der Waals surface area contributed by atoms with E-state index in [9.17, 15) is 54.4 Å². The maximum Gasteiger partial charge on any atom is 0.294 e. The number of aliphatic hydroxyl groups excluding tert-OH is 2. The number of aliphatic hydroxyl groups is 2. The molecule has 0 saturated heterocycles. The standard InChI is InChI=1S/C42H46N2O13S4/c45-31(27-59(48,49)50)25-43-37-18-16-34(61(54,55)56)24-35(37)41(20-9-4-10-21-41)39(43)14-8-2-1-5-11-29-19-22-42(30-12-6-3-7-13-30)36-23-33(58-57-47)15-17-38(36)44(40(29)42)26-32(46)28-60(51,52)53/h1-3,5-8,11-18,23-24,31-32,45-46H,4,9-10,19-22,25-28H2,(H3-,47,48,49,50,51,52,53,54,55,56)/p+1. The van der Waals surface area contributed by atoms with E-state index >= 15 is 0 Å². The predicted molar refractivity (Wildman–Crippen MR) is 230 cm³/mol. The van der Waals surface area contributed by atoms with Crippen molar-refractivity contribution in [3.63, 3.8) is 0 Å². The second kappa shape index (κ2) is 17.6. The first-order valence-corrected chi connectivity index (χ1v) is 25.0. The van der Waals surface area contributed by atoms with Crippen molar-refractivity contribution in [2.24, 2.45) is 0 Å². The highest BCUT2D eigenvalue weighted by Gasteiger charge is 2.58. The van der Waals surface area contributed by atoms with Gasteiger partial charge in [0, 0.05) is 45.4 Å². The molecule has 0 bridgehead atoms. The van der Waals surface area contributed by atoms with Crippen LogP contribution in [-0.4, -0.2) is 101 Å². The number of allylic oxidation sites excluding steroid dienone is 8. The van der Waals surface area contributed by atoms with Crippen molar-refractivity contribution in [3.8, 4) is 0 Å². The second-order valence-electron chi connectivity index (χ2n) is 15.8. The zero-order valence-electron chi connectivity index (χ0n) is 32.8. The summed E-state index contributed by atoms with van der Waals surface area (Å²) in [4.78, 5) is 2.09. The number of benzene rings is 3. The molecule has 19 heteroatoms. The maximum absolute atomic E-state index is 12.2. The minimum Gasteiger partial charge on any atom is -0.390 e. The van der Waals surface area contributed by atoms with E-state index in [1.807, 2.05) is 71.3 Å². The van der Waals surface area contributed by atoms with Crippen molar-refractivity contribution in [3.05, 3.63) is 131 Å². The largest absolute Gasteiger partial charge is 0.390 e. The van der Waals surface area contributed by atoms with Crippen LogP contribution < -0.4 is 4.90 Å². The molecule has 1 spiro atoms. The smallest absolute Gasteiger partial charge is 0.294 e. The fraction of sp³-hybridized carbons (Fsp3) is 0.357. The number of nitrogens with zero attached hydrogens (tertiary/aromatic N) is 2. The Balaban J connectivity index is 1.27. The SMILES string of the molecule is O=S(=O)(O)CC(O)CN1C(=CC=CC=CC=C2CCC3(c4ccccc4)C2=[N+](CC(O)CS(=O)(=O)O)c2ccc(SOO)cc23)C2(CCCCC2)c2cc(S(=O)(=O)O)ccc21. The Labute approximate surface area is 359 Å². The molecule has 0 amide bonds. The molecule has 3 aromatic carbocycles. The van der Waals surface area contributed by atoms with Gasteiger partial charge in [-0.25, -0.2) is 5.26 Å². The van der Waals surface area contributed by atoms with Crippen LogP contribution in [0.1, 0.15) is 61.6 Å². The van der Waals surface area contributed by atoms with E-state index in [4.69, 9.17) is 0 Å². The third-order valence-corrected chi connectivity index (χ3v) is 14.9. The molecule has 326 valence electrons. The first-order chi connectivity index (χ1) is 28.9. The third kappa shape index (κ3) is 9.38. The number of β-amino-alcohol motifs (C(OH)–C–C–N with tert-alkyl or cyclic N) is 2.